The molecule has 0 aliphatic heterocycles. The van der Waals surface area contributed by atoms with Gasteiger partial charge in [0.2, 0.25) is 0 Å². The molecule has 0 aliphatic carbocycles. The Morgan fingerprint density at radius 2 is 1.84 bits per heavy atom. The zero-order valence-electron chi connectivity index (χ0n) is 11.5. The van der Waals surface area contributed by atoms with E-state index in [1.54, 1.807) is 12.1 Å². The molecule has 1 rings (SSSR count). The Labute approximate surface area is 113 Å². The van der Waals surface area contributed by atoms with E-state index in [0.29, 0.717) is 12.1 Å². The highest BCUT2D eigenvalue weighted by molar-refractivity contribution is 6.01. The van der Waals surface area contributed by atoms with Gasteiger partial charge in [0.25, 0.3) is 0 Å². The largest absolute Gasteiger partial charge is 0.481 e. The van der Waals surface area contributed by atoms with Crippen molar-refractivity contribution in [2.24, 2.45) is 0 Å². The van der Waals surface area contributed by atoms with Gasteiger partial charge in [-0.25, -0.2) is 0 Å². The number of carbonyl (C=O) groups excluding carboxylic acids is 1. The van der Waals surface area contributed by atoms with E-state index in [4.69, 9.17) is 5.11 Å². The Bertz CT molecular complexity index is 426. The van der Waals surface area contributed by atoms with Crippen LogP contribution in [0.1, 0.15) is 42.6 Å². The second-order valence-electron chi connectivity index (χ2n) is 4.52. The molecule has 2 N–H and O–H groups in total. The van der Waals surface area contributed by atoms with Gasteiger partial charge in [-0.05, 0) is 18.5 Å². The van der Waals surface area contributed by atoms with Crippen LogP contribution >= 0.6 is 0 Å². The summed E-state index contributed by atoms with van der Waals surface area (Å²) >= 11 is 0. The van der Waals surface area contributed by atoms with Gasteiger partial charge in [-0.1, -0.05) is 44.5 Å². The van der Waals surface area contributed by atoms with Gasteiger partial charge in [0.1, 0.15) is 0 Å². The number of likely N-dealkylation sites (N-methyl/N-ethyl adjacent to an activating group) is 1. The topological polar surface area (TPSA) is 66.4 Å². The summed E-state index contributed by atoms with van der Waals surface area (Å²) in [6, 6.07) is 6.76. The van der Waals surface area contributed by atoms with Gasteiger partial charge in [-0.2, -0.15) is 0 Å². The van der Waals surface area contributed by atoms with Crippen molar-refractivity contribution in [3.05, 3.63) is 35.4 Å². The molecule has 4 nitrogen and oxygen atoms in total. The Morgan fingerprint density at radius 3 is 2.32 bits per heavy atom. The van der Waals surface area contributed by atoms with Crippen LogP contribution in [-0.4, -0.2) is 29.4 Å². The van der Waals surface area contributed by atoms with E-state index in [9.17, 15) is 9.59 Å². The Hall–Kier alpha value is -1.68. The number of carboxylic acids is 1. The summed E-state index contributed by atoms with van der Waals surface area (Å²) in [5.74, 6) is -1.13. The predicted molar refractivity (Wildman–Crippen MR) is 74.5 cm³/mol. The molecule has 0 saturated carbocycles. The maximum absolute atomic E-state index is 12.2. The fraction of sp³-hybridized carbons (Fsp3) is 0.467. The molecule has 0 heterocycles. The van der Waals surface area contributed by atoms with Crippen molar-refractivity contribution in [2.75, 3.05) is 6.54 Å². The molecule has 0 aromatic heterocycles. The molecule has 0 saturated heterocycles. The predicted octanol–water partition coefficient (Wildman–Crippen LogP) is 2.27. The van der Waals surface area contributed by atoms with Crippen LogP contribution < -0.4 is 5.32 Å². The number of benzene rings is 1. The van der Waals surface area contributed by atoms with Crippen LogP contribution in [0, 0.1) is 0 Å². The summed E-state index contributed by atoms with van der Waals surface area (Å²) in [4.78, 5) is 23.0. The zero-order chi connectivity index (χ0) is 14.3. The van der Waals surface area contributed by atoms with Crippen LogP contribution in [0.4, 0.5) is 0 Å². The third-order valence-corrected chi connectivity index (χ3v) is 2.92. The Morgan fingerprint density at radius 1 is 1.21 bits per heavy atom. The summed E-state index contributed by atoms with van der Waals surface area (Å²) in [5.41, 5.74) is 1.75. The zero-order valence-corrected chi connectivity index (χ0v) is 11.5. The second-order valence-corrected chi connectivity index (χ2v) is 4.52. The van der Waals surface area contributed by atoms with Gasteiger partial charge in [-0.3, -0.25) is 9.59 Å². The molecule has 1 unspecified atom stereocenters. The van der Waals surface area contributed by atoms with Crippen molar-refractivity contribution < 1.29 is 14.7 Å². The first kappa shape index (κ1) is 15.4. The molecule has 104 valence electrons. The minimum absolute atomic E-state index is 0.160. The molecule has 19 heavy (non-hydrogen) atoms. The van der Waals surface area contributed by atoms with Crippen LogP contribution in [0.5, 0.6) is 0 Å². The van der Waals surface area contributed by atoms with Gasteiger partial charge in [0, 0.05) is 5.56 Å². The first-order valence-corrected chi connectivity index (χ1v) is 6.66. The maximum Gasteiger partial charge on any atom is 0.305 e. The number of aliphatic carboxylic acids is 1. The Balaban J connectivity index is 2.80. The standard InChI is InChI=1S/C15H21NO3/c1-3-5-11-6-8-12(9-7-11)15(19)13(16-4-2)10-14(17)18/h6-9,13,16H,3-5,10H2,1-2H3,(H,17,18). The number of hydrogen-bond acceptors (Lipinski definition) is 3. The lowest BCUT2D eigenvalue weighted by Gasteiger charge is -2.14. The normalized spacial score (nSPS) is 12.1. The number of ketones is 1. The van der Waals surface area contributed by atoms with Crippen LogP contribution in [0.3, 0.4) is 0 Å². The first-order valence-electron chi connectivity index (χ1n) is 6.66. The number of Topliss-reactive ketones (excluding diaryl/α,β-unsaturated/α-hetero) is 1. The molecule has 1 atom stereocenters. The van der Waals surface area contributed by atoms with Crippen LogP contribution in [0.25, 0.3) is 0 Å². The molecular formula is C15H21NO3. The third-order valence-electron chi connectivity index (χ3n) is 2.92. The van der Waals surface area contributed by atoms with Crippen LogP contribution in [-0.2, 0) is 11.2 Å². The lowest BCUT2D eigenvalue weighted by atomic mass is 9.99. The molecule has 1 aromatic rings. The van der Waals surface area contributed by atoms with Gasteiger partial charge in [-0.15, -0.1) is 0 Å². The van der Waals surface area contributed by atoms with E-state index in [1.165, 1.54) is 5.56 Å². The highest BCUT2D eigenvalue weighted by atomic mass is 16.4. The molecule has 0 amide bonds. The number of carboxylic acid groups (broad SMARTS) is 1. The number of nitrogens with one attached hydrogen (secondary N) is 1. The van der Waals surface area contributed by atoms with Crippen molar-refractivity contribution in [2.45, 2.75) is 39.2 Å². The SMILES string of the molecule is CCCc1ccc(C(=O)C(CC(=O)O)NCC)cc1. The lowest BCUT2D eigenvalue weighted by Crippen LogP contribution is -2.38. The first-order chi connectivity index (χ1) is 9.08. The summed E-state index contributed by atoms with van der Waals surface area (Å²) in [6.45, 7) is 4.53. The van der Waals surface area contributed by atoms with E-state index in [0.717, 1.165) is 12.8 Å². The quantitative estimate of drug-likeness (QED) is 0.706. The lowest BCUT2D eigenvalue weighted by molar-refractivity contribution is -0.137. The molecule has 0 radical (unpaired) electrons. The molecule has 1 aromatic carbocycles. The second kappa shape index (κ2) is 7.69. The number of rotatable bonds is 8. The highest BCUT2D eigenvalue weighted by Gasteiger charge is 2.21. The minimum atomic E-state index is -0.970. The smallest absolute Gasteiger partial charge is 0.305 e. The Kier molecular flexibility index (Phi) is 6.22. The molecule has 0 aliphatic rings. The number of carbonyl (C=O) groups is 2. The van der Waals surface area contributed by atoms with Gasteiger partial charge < -0.3 is 10.4 Å². The van der Waals surface area contributed by atoms with Crippen molar-refractivity contribution in [1.29, 1.82) is 0 Å². The summed E-state index contributed by atoms with van der Waals surface area (Å²) in [6.07, 6.45) is 1.86. The molecule has 0 fully saturated rings. The average molecular weight is 263 g/mol. The molecule has 4 heteroatoms. The van der Waals surface area contributed by atoms with E-state index in [-0.39, 0.29) is 12.2 Å². The molecule has 0 bridgehead atoms. The third kappa shape index (κ3) is 4.83. The summed E-state index contributed by atoms with van der Waals surface area (Å²) in [5, 5.41) is 11.7. The monoisotopic (exact) mass is 263 g/mol. The fourth-order valence-corrected chi connectivity index (χ4v) is 2.00. The average Bonchev–Trinajstić information content (AvgIpc) is 2.38. The number of hydrogen-bond donors (Lipinski definition) is 2. The maximum atomic E-state index is 12.2. The van der Waals surface area contributed by atoms with E-state index >= 15 is 0 Å². The van der Waals surface area contributed by atoms with Crippen molar-refractivity contribution in [3.63, 3.8) is 0 Å². The van der Waals surface area contributed by atoms with Crippen molar-refractivity contribution in [3.8, 4) is 0 Å². The van der Waals surface area contributed by atoms with Gasteiger partial charge in [0.05, 0.1) is 12.5 Å². The van der Waals surface area contributed by atoms with Crippen molar-refractivity contribution in [1.82, 2.24) is 5.32 Å². The van der Waals surface area contributed by atoms with Crippen molar-refractivity contribution >= 4 is 11.8 Å². The van der Waals surface area contributed by atoms with E-state index < -0.39 is 12.0 Å². The van der Waals surface area contributed by atoms with E-state index in [2.05, 4.69) is 12.2 Å². The minimum Gasteiger partial charge on any atom is -0.481 e. The molecular weight excluding hydrogens is 242 g/mol. The van der Waals surface area contributed by atoms with Crippen LogP contribution in [0.15, 0.2) is 24.3 Å². The highest BCUT2D eigenvalue weighted by Crippen LogP contribution is 2.10. The number of aryl methyl sites for hydroxylation is 1. The summed E-state index contributed by atoms with van der Waals surface area (Å²) < 4.78 is 0. The van der Waals surface area contributed by atoms with Crippen LogP contribution in [0.2, 0.25) is 0 Å². The summed E-state index contributed by atoms with van der Waals surface area (Å²) in [7, 11) is 0. The van der Waals surface area contributed by atoms with E-state index in [1.807, 2.05) is 19.1 Å². The molecule has 0 spiro atoms. The van der Waals surface area contributed by atoms with Gasteiger partial charge in [0.15, 0.2) is 5.78 Å². The fourth-order valence-electron chi connectivity index (χ4n) is 2.00. The van der Waals surface area contributed by atoms with Gasteiger partial charge >= 0.3 is 5.97 Å².